The van der Waals surface area contributed by atoms with Crippen LogP contribution in [0.5, 0.6) is 0 Å². The van der Waals surface area contributed by atoms with Crippen molar-refractivity contribution in [2.75, 3.05) is 24.5 Å². The summed E-state index contributed by atoms with van der Waals surface area (Å²) in [6.45, 7) is 2.15. The van der Waals surface area contributed by atoms with Crippen molar-refractivity contribution >= 4 is 23.4 Å². The molecule has 2 saturated heterocycles. The highest BCUT2D eigenvalue weighted by atomic mass is 19.1. The van der Waals surface area contributed by atoms with Crippen molar-refractivity contribution in [3.8, 4) is 0 Å². The number of hydrogen-bond acceptors (Lipinski definition) is 3. The summed E-state index contributed by atoms with van der Waals surface area (Å²) in [5.74, 6) is -0.529. The van der Waals surface area contributed by atoms with Crippen LogP contribution in [0.3, 0.4) is 0 Å². The molecule has 1 N–H and O–H groups in total. The highest BCUT2D eigenvalue weighted by Gasteiger charge is 2.28. The zero-order valence-electron chi connectivity index (χ0n) is 18.8. The molecule has 0 aliphatic carbocycles. The van der Waals surface area contributed by atoms with Gasteiger partial charge in [-0.25, -0.2) is 4.39 Å². The molecule has 0 aromatic heterocycles. The number of nitrogens with zero attached hydrogens (tertiary/aromatic N) is 2. The van der Waals surface area contributed by atoms with Crippen molar-refractivity contribution in [2.45, 2.75) is 45.1 Å². The average molecular weight is 452 g/mol. The number of halogens is 1. The number of carbonyl (C=O) groups is 3. The van der Waals surface area contributed by atoms with Crippen molar-refractivity contribution in [3.05, 3.63) is 65.5 Å². The standard InChI is InChI=1S/C26H30FN3O3/c27-22-11-9-19(10-12-22)16-25(32)29-13-4-6-21(18-29)26(33)28-17-20-5-3-7-23(15-20)30-14-2-1-8-24(30)31/h3,5,7,9-12,15,21H,1-2,4,6,8,13-14,16-18H2,(H,28,33). The molecule has 1 unspecified atom stereocenters. The van der Waals surface area contributed by atoms with Gasteiger partial charge in [-0.3, -0.25) is 14.4 Å². The first-order valence-electron chi connectivity index (χ1n) is 11.7. The molecule has 2 aliphatic heterocycles. The van der Waals surface area contributed by atoms with E-state index in [1.165, 1.54) is 12.1 Å². The summed E-state index contributed by atoms with van der Waals surface area (Å²) in [6, 6.07) is 13.7. The van der Waals surface area contributed by atoms with Crippen molar-refractivity contribution in [3.63, 3.8) is 0 Å². The average Bonchev–Trinajstić information content (AvgIpc) is 2.84. The van der Waals surface area contributed by atoms with Crippen molar-refractivity contribution in [1.29, 1.82) is 0 Å². The Kier molecular flexibility index (Phi) is 7.37. The summed E-state index contributed by atoms with van der Waals surface area (Å²) in [6.07, 6.45) is 4.25. The zero-order valence-corrected chi connectivity index (χ0v) is 18.8. The normalized spacial score (nSPS) is 18.8. The van der Waals surface area contributed by atoms with E-state index in [1.807, 2.05) is 29.2 Å². The minimum atomic E-state index is -0.325. The Morgan fingerprint density at radius 1 is 1.00 bits per heavy atom. The molecule has 1 atom stereocenters. The largest absolute Gasteiger partial charge is 0.352 e. The Bertz CT molecular complexity index is 1010. The van der Waals surface area contributed by atoms with Crippen LogP contribution >= 0.6 is 0 Å². The van der Waals surface area contributed by atoms with Gasteiger partial charge in [-0.2, -0.15) is 0 Å². The van der Waals surface area contributed by atoms with Crippen LogP contribution in [0.25, 0.3) is 0 Å². The van der Waals surface area contributed by atoms with E-state index < -0.39 is 0 Å². The topological polar surface area (TPSA) is 69.7 Å². The highest BCUT2D eigenvalue weighted by molar-refractivity contribution is 5.94. The van der Waals surface area contributed by atoms with Gasteiger partial charge in [0.15, 0.2) is 0 Å². The van der Waals surface area contributed by atoms with Gasteiger partial charge in [0, 0.05) is 38.3 Å². The van der Waals surface area contributed by atoms with Crippen LogP contribution in [0.15, 0.2) is 48.5 Å². The Balaban J connectivity index is 1.30. The third-order valence-electron chi connectivity index (χ3n) is 6.43. The van der Waals surface area contributed by atoms with Crippen LogP contribution in [-0.4, -0.2) is 42.3 Å². The molecule has 2 fully saturated rings. The molecule has 0 radical (unpaired) electrons. The predicted octanol–water partition coefficient (Wildman–Crippen LogP) is 3.44. The van der Waals surface area contributed by atoms with Crippen LogP contribution in [0, 0.1) is 11.7 Å². The Morgan fingerprint density at radius 3 is 2.61 bits per heavy atom. The maximum Gasteiger partial charge on any atom is 0.227 e. The van der Waals surface area contributed by atoms with Gasteiger partial charge in [-0.05, 0) is 61.1 Å². The Hall–Kier alpha value is -3.22. The summed E-state index contributed by atoms with van der Waals surface area (Å²) >= 11 is 0. The van der Waals surface area contributed by atoms with E-state index in [2.05, 4.69) is 5.32 Å². The van der Waals surface area contributed by atoms with E-state index in [0.29, 0.717) is 26.1 Å². The fourth-order valence-electron chi connectivity index (χ4n) is 4.55. The summed E-state index contributed by atoms with van der Waals surface area (Å²) in [4.78, 5) is 41.3. The number of carbonyl (C=O) groups excluding carboxylic acids is 3. The number of anilines is 1. The number of nitrogens with one attached hydrogen (secondary N) is 1. The molecule has 3 amide bonds. The van der Waals surface area contributed by atoms with Gasteiger partial charge in [0.2, 0.25) is 17.7 Å². The molecule has 0 saturated carbocycles. The number of piperidine rings is 2. The molecule has 4 rings (SSSR count). The second kappa shape index (κ2) is 10.6. The molecular weight excluding hydrogens is 421 g/mol. The number of benzene rings is 2. The molecule has 2 heterocycles. The predicted molar refractivity (Wildman–Crippen MR) is 124 cm³/mol. The zero-order chi connectivity index (χ0) is 23.2. The van der Waals surface area contributed by atoms with Crippen LogP contribution in [0.1, 0.15) is 43.2 Å². The quantitative estimate of drug-likeness (QED) is 0.732. The minimum absolute atomic E-state index is 0.0435. The first-order valence-corrected chi connectivity index (χ1v) is 11.7. The van der Waals surface area contributed by atoms with Crippen LogP contribution in [0.4, 0.5) is 10.1 Å². The Morgan fingerprint density at radius 2 is 1.82 bits per heavy atom. The van der Waals surface area contributed by atoms with E-state index in [9.17, 15) is 18.8 Å². The molecule has 2 aliphatic rings. The maximum atomic E-state index is 13.1. The number of likely N-dealkylation sites (tertiary alicyclic amines) is 1. The van der Waals surface area contributed by atoms with Crippen LogP contribution < -0.4 is 10.2 Å². The first-order chi connectivity index (χ1) is 16.0. The summed E-state index contributed by atoms with van der Waals surface area (Å²) in [5.41, 5.74) is 2.58. The highest BCUT2D eigenvalue weighted by Crippen LogP contribution is 2.22. The number of hydrogen-bond donors (Lipinski definition) is 1. The van der Waals surface area contributed by atoms with E-state index in [1.54, 1.807) is 17.0 Å². The smallest absolute Gasteiger partial charge is 0.227 e. The molecule has 2 aromatic rings. The van der Waals surface area contributed by atoms with Gasteiger partial charge >= 0.3 is 0 Å². The van der Waals surface area contributed by atoms with Crippen molar-refractivity contribution < 1.29 is 18.8 Å². The summed E-state index contributed by atoms with van der Waals surface area (Å²) in [5, 5.41) is 3.00. The van der Waals surface area contributed by atoms with Gasteiger partial charge in [-0.15, -0.1) is 0 Å². The monoisotopic (exact) mass is 451 g/mol. The molecule has 0 bridgehead atoms. The number of amides is 3. The fourth-order valence-corrected chi connectivity index (χ4v) is 4.55. The second-order valence-corrected chi connectivity index (χ2v) is 8.87. The summed E-state index contributed by atoms with van der Waals surface area (Å²) in [7, 11) is 0. The van der Waals surface area contributed by atoms with Crippen LogP contribution in [0.2, 0.25) is 0 Å². The van der Waals surface area contributed by atoms with Crippen LogP contribution in [-0.2, 0) is 27.3 Å². The SMILES string of the molecule is O=C(NCc1cccc(N2CCCCC2=O)c1)C1CCCN(C(=O)Cc2ccc(F)cc2)C1. The molecule has 0 spiro atoms. The molecule has 6 nitrogen and oxygen atoms in total. The lowest BCUT2D eigenvalue weighted by Crippen LogP contribution is -2.45. The third-order valence-corrected chi connectivity index (χ3v) is 6.43. The van der Waals surface area contributed by atoms with Gasteiger partial charge < -0.3 is 15.1 Å². The number of rotatable bonds is 6. The molecule has 2 aromatic carbocycles. The fraction of sp³-hybridized carbons (Fsp3) is 0.423. The third kappa shape index (κ3) is 5.97. The molecule has 174 valence electrons. The summed E-state index contributed by atoms with van der Waals surface area (Å²) < 4.78 is 13.1. The molecular formula is C26H30FN3O3. The lowest BCUT2D eigenvalue weighted by atomic mass is 9.96. The van der Waals surface area contributed by atoms with Gasteiger partial charge in [-0.1, -0.05) is 24.3 Å². The maximum absolute atomic E-state index is 13.1. The lowest BCUT2D eigenvalue weighted by molar-refractivity contribution is -0.135. The molecule has 7 heteroatoms. The first kappa shape index (κ1) is 23.0. The van der Waals surface area contributed by atoms with E-state index in [4.69, 9.17) is 0 Å². The van der Waals surface area contributed by atoms with Crippen molar-refractivity contribution in [2.24, 2.45) is 5.92 Å². The van der Waals surface area contributed by atoms with E-state index in [0.717, 1.165) is 49.0 Å². The van der Waals surface area contributed by atoms with Gasteiger partial charge in [0.1, 0.15) is 5.82 Å². The lowest BCUT2D eigenvalue weighted by Gasteiger charge is -2.32. The second-order valence-electron chi connectivity index (χ2n) is 8.87. The minimum Gasteiger partial charge on any atom is -0.352 e. The Labute approximate surface area is 193 Å². The van der Waals surface area contributed by atoms with E-state index >= 15 is 0 Å². The molecule has 33 heavy (non-hydrogen) atoms. The van der Waals surface area contributed by atoms with Gasteiger partial charge in [0.05, 0.1) is 12.3 Å². The van der Waals surface area contributed by atoms with Gasteiger partial charge in [0.25, 0.3) is 0 Å². The van der Waals surface area contributed by atoms with Crippen molar-refractivity contribution in [1.82, 2.24) is 10.2 Å². The van der Waals surface area contributed by atoms with E-state index in [-0.39, 0.29) is 35.9 Å².